The molecule has 1 aliphatic rings. The van der Waals surface area contributed by atoms with E-state index in [-0.39, 0.29) is 5.91 Å². The zero-order valence-electron chi connectivity index (χ0n) is 12.8. The molecule has 0 spiro atoms. The number of rotatable bonds is 5. The Bertz CT molecular complexity index is 482. The Balaban J connectivity index is 1.92. The largest absolute Gasteiger partial charge is 0.494 e. The van der Waals surface area contributed by atoms with Gasteiger partial charge in [0.2, 0.25) is 5.91 Å². The van der Waals surface area contributed by atoms with Crippen LogP contribution < -0.4 is 10.1 Å². The molecule has 0 aromatic heterocycles. The Morgan fingerprint density at radius 2 is 2.19 bits per heavy atom. The smallest absolute Gasteiger partial charge is 0.246 e. The summed E-state index contributed by atoms with van der Waals surface area (Å²) in [5, 5.41) is 3.25. The van der Waals surface area contributed by atoms with E-state index in [0.717, 1.165) is 37.2 Å². The number of hydrogen-bond donors (Lipinski definition) is 1. The minimum Gasteiger partial charge on any atom is -0.494 e. The van der Waals surface area contributed by atoms with Crippen LogP contribution in [0, 0.1) is 0 Å². The summed E-state index contributed by atoms with van der Waals surface area (Å²) in [6, 6.07) is 8.18. The topological polar surface area (TPSA) is 41.6 Å². The Labute approximate surface area is 126 Å². The molecule has 1 heterocycles. The predicted molar refractivity (Wildman–Crippen MR) is 85.3 cm³/mol. The highest BCUT2D eigenvalue weighted by atomic mass is 16.5. The van der Waals surface area contributed by atoms with E-state index in [9.17, 15) is 4.79 Å². The third kappa shape index (κ3) is 4.60. The Kier molecular flexibility index (Phi) is 5.81. The van der Waals surface area contributed by atoms with Crippen molar-refractivity contribution in [2.75, 3.05) is 26.7 Å². The van der Waals surface area contributed by atoms with Gasteiger partial charge in [0.1, 0.15) is 5.75 Å². The molecule has 1 aliphatic heterocycles. The van der Waals surface area contributed by atoms with Gasteiger partial charge in [0.25, 0.3) is 0 Å². The summed E-state index contributed by atoms with van der Waals surface area (Å²) in [4.78, 5) is 14.1. The van der Waals surface area contributed by atoms with E-state index in [1.165, 1.54) is 0 Å². The first-order chi connectivity index (χ1) is 10.2. The molecule has 1 saturated heterocycles. The van der Waals surface area contributed by atoms with Gasteiger partial charge >= 0.3 is 0 Å². The van der Waals surface area contributed by atoms with Crippen molar-refractivity contribution in [2.45, 2.75) is 25.8 Å². The number of nitrogens with zero attached hydrogens (tertiary/aromatic N) is 1. The molecule has 0 radical (unpaired) electrons. The monoisotopic (exact) mass is 288 g/mol. The average molecular weight is 288 g/mol. The van der Waals surface area contributed by atoms with E-state index in [4.69, 9.17) is 4.74 Å². The van der Waals surface area contributed by atoms with Gasteiger partial charge in [-0.1, -0.05) is 12.1 Å². The molecule has 0 aliphatic carbocycles. The van der Waals surface area contributed by atoms with Crippen LogP contribution in [0.25, 0.3) is 6.08 Å². The highest BCUT2D eigenvalue weighted by Gasteiger charge is 2.20. The van der Waals surface area contributed by atoms with Crippen molar-refractivity contribution < 1.29 is 9.53 Å². The zero-order valence-corrected chi connectivity index (χ0v) is 12.8. The summed E-state index contributed by atoms with van der Waals surface area (Å²) < 4.78 is 5.40. The molecular formula is C17H24N2O2. The molecule has 4 heteroatoms. The van der Waals surface area contributed by atoms with Crippen LogP contribution in [-0.2, 0) is 4.79 Å². The third-order valence-corrected chi connectivity index (χ3v) is 3.75. The van der Waals surface area contributed by atoms with Crippen LogP contribution >= 0.6 is 0 Å². The lowest BCUT2D eigenvalue weighted by Crippen LogP contribution is -2.46. The Hall–Kier alpha value is -1.81. The molecule has 114 valence electrons. The van der Waals surface area contributed by atoms with Crippen LogP contribution in [0.4, 0.5) is 0 Å². The second kappa shape index (κ2) is 7.84. The lowest BCUT2D eigenvalue weighted by Gasteiger charge is -2.31. The van der Waals surface area contributed by atoms with Crippen LogP contribution in [-0.4, -0.2) is 43.6 Å². The lowest BCUT2D eigenvalue weighted by atomic mass is 10.1. The lowest BCUT2D eigenvalue weighted by molar-refractivity contribution is -0.127. The highest BCUT2D eigenvalue weighted by Crippen LogP contribution is 2.14. The van der Waals surface area contributed by atoms with E-state index in [2.05, 4.69) is 5.32 Å². The average Bonchev–Trinajstić information content (AvgIpc) is 2.54. The summed E-state index contributed by atoms with van der Waals surface area (Å²) in [5.74, 6) is 0.942. The molecule has 1 amide bonds. The number of likely N-dealkylation sites (tertiary alicyclic amines) is 1. The van der Waals surface area contributed by atoms with E-state index < -0.39 is 0 Å². The van der Waals surface area contributed by atoms with E-state index in [0.29, 0.717) is 12.6 Å². The SMILES string of the molecule is CCOc1ccc(/C=C/C(=O)N2CCCC(NC)C2)cc1. The fourth-order valence-corrected chi connectivity index (χ4v) is 2.53. The Morgan fingerprint density at radius 1 is 1.43 bits per heavy atom. The van der Waals surface area contributed by atoms with Crippen molar-refractivity contribution in [1.82, 2.24) is 10.2 Å². The first-order valence-electron chi connectivity index (χ1n) is 7.60. The number of ether oxygens (including phenoxy) is 1. The van der Waals surface area contributed by atoms with Crippen LogP contribution in [0.2, 0.25) is 0 Å². The zero-order chi connectivity index (χ0) is 15.1. The fourth-order valence-electron chi connectivity index (χ4n) is 2.53. The third-order valence-electron chi connectivity index (χ3n) is 3.75. The summed E-state index contributed by atoms with van der Waals surface area (Å²) in [7, 11) is 1.95. The second-order valence-corrected chi connectivity index (χ2v) is 5.25. The van der Waals surface area contributed by atoms with Gasteiger partial charge in [-0.25, -0.2) is 0 Å². The summed E-state index contributed by atoms with van der Waals surface area (Å²) in [6.45, 7) is 4.27. The summed E-state index contributed by atoms with van der Waals surface area (Å²) in [5.41, 5.74) is 1.01. The number of piperidine rings is 1. The summed E-state index contributed by atoms with van der Waals surface area (Å²) in [6.07, 6.45) is 5.73. The van der Waals surface area contributed by atoms with Crippen molar-refractivity contribution in [3.05, 3.63) is 35.9 Å². The number of likely N-dealkylation sites (N-methyl/N-ethyl adjacent to an activating group) is 1. The molecular weight excluding hydrogens is 264 g/mol. The molecule has 1 N–H and O–H groups in total. The van der Waals surface area contributed by atoms with Crippen LogP contribution in [0.5, 0.6) is 5.75 Å². The van der Waals surface area contributed by atoms with Gasteiger partial charge in [-0.05, 0) is 50.6 Å². The van der Waals surface area contributed by atoms with E-state index in [1.54, 1.807) is 6.08 Å². The number of benzene rings is 1. The van der Waals surface area contributed by atoms with Crippen molar-refractivity contribution >= 4 is 12.0 Å². The predicted octanol–water partition coefficient (Wildman–Crippen LogP) is 2.31. The van der Waals surface area contributed by atoms with Crippen molar-refractivity contribution in [1.29, 1.82) is 0 Å². The first kappa shape index (κ1) is 15.6. The van der Waals surface area contributed by atoms with Crippen molar-refractivity contribution in [2.24, 2.45) is 0 Å². The number of carbonyl (C=O) groups excluding carboxylic acids is 1. The first-order valence-corrected chi connectivity index (χ1v) is 7.60. The fraction of sp³-hybridized carbons (Fsp3) is 0.471. The molecule has 1 unspecified atom stereocenters. The molecule has 0 saturated carbocycles. The van der Waals surface area contributed by atoms with Gasteiger partial charge in [-0.15, -0.1) is 0 Å². The molecule has 2 rings (SSSR count). The van der Waals surface area contributed by atoms with Gasteiger partial charge in [0, 0.05) is 25.2 Å². The maximum atomic E-state index is 12.2. The maximum Gasteiger partial charge on any atom is 0.246 e. The normalized spacial score (nSPS) is 19.0. The van der Waals surface area contributed by atoms with Gasteiger partial charge < -0.3 is 15.0 Å². The molecule has 1 aromatic carbocycles. The highest BCUT2D eigenvalue weighted by molar-refractivity contribution is 5.91. The van der Waals surface area contributed by atoms with Gasteiger partial charge in [-0.2, -0.15) is 0 Å². The maximum absolute atomic E-state index is 12.2. The molecule has 21 heavy (non-hydrogen) atoms. The van der Waals surface area contributed by atoms with Crippen LogP contribution in [0.3, 0.4) is 0 Å². The van der Waals surface area contributed by atoms with Crippen molar-refractivity contribution in [3.63, 3.8) is 0 Å². The van der Waals surface area contributed by atoms with E-state index >= 15 is 0 Å². The van der Waals surface area contributed by atoms with Crippen molar-refractivity contribution in [3.8, 4) is 5.75 Å². The number of carbonyl (C=O) groups is 1. The van der Waals surface area contributed by atoms with Gasteiger partial charge in [-0.3, -0.25) is 4.79 Å². The van der Waals surface area contributed by atoms with Gasteiger partial charge in [0.15, 0.2) is 0 Å². The number of amides is 1. The van der Waals surface area contributed by atoms with E-state index in [1.807, 2.05) is 49.2 Å². The second-order valence-electron chi connectivity index (χ2n) is 5.25. The minimum absolute atomic E-state index is 0.0869. The Morgan fingerprint density at radius 3 is 2.86 bits per heavy atom. The molecule has 1 aromatic rings. The number of nitrogens with one attached hydrogen (secondary N) is 1. The minimum atomic E-state index is 0.0869. The van der Waals surface area contributed by atoms with Crippen LogP contribution in [0.15, 0.2) is 30.3 Å². The molecule has 1 fully saturated rings. The van der Waals surface area contributed by atoms with Gasteiger partial charge in [0.05, 0.1) is 6.61 Å². The standard InChI is InChI=1S/C17H24N2O2/c1-3-21-16-9-6-14(7-10-16)8-11-17(20)19-12-4-5-15(13-19)18-2/h6-11,15,18H,3-5,12-13H2,1-2H3/b11-8+. The van der Waals surface area contributed by atoms with Crippen LogP contribution in [0.1, 0.15) is 25.3 Å². The molecule has 0 bridgehead atoms. The number of hydrogen-bond acceptors (Lipinski definition) is 3. The molecule has 1 atom stereocenters. The molecule has 4 nitrogen and oxygen atoms in total. The summed E-state index contributed by atoms with van der Waals surface area (Å²) >= 11 is 0. The quantitative estimate of drug-likeness (QED) is 0.845.